The molecule has 3 aromatic rings. The van der Waals surface area contributed by atoms with Crippen molar-refractivity contribution in [3.63, 3.8) is 0 Å². The Morgan fingerprint density at radius 3 is 2.74 bits per heavy atom. The van der Waals surface area contributed by atoms with Crippen molar-refractivity contribution >= 4 is 23.3 Å². The van der Waals surface area contributed by atoms with Crippen LogP contribution in [-0.2, 0) is 19.3 Å². The fourth-order valence-corrected chi connectivity index (χ4v) is 4.25. The first-order valence-electron chi connectivity index (χ1n) is 9.27. The Kier molecular flexibility index (Phi) is 5.98. The van der Waals surface area contributed by atoms with Crippen molar-refractivity contribution < 1.29 is 9.47 Å². The lowest BCUT2D eigenvalue weighted by Gasteiger charge is -2.28. The number of rotatable bonds is 5. The van der Waals surface area contributed by atoms with Crippen molar-refractivity contribution in [1.82, 2.24) is 4.57 Å². The van der Waals surface area contributed by atoms with Gasteiger partial charge in [0.05, 0.1) is 14.2 Å². The maximum atomic E-state index is 5.85. The lowest BCUT2D eigenvalue weighted by atomic mass is 9.87. The molecule has 1 atom stereocenters. The number of nitrogens with zero attached hydrogens (tertiary/aromatic N) is 1. The zero-order chi connectivity index (χ0) is 18.1. The van der Waals surface area contributed by atoms with Crippen LogP contribution in [0.1, 0.15) is 29.2 Å². The molecule has 0 radical (unpaired) electrons. The standard InChI is InChI=1S/C22H26N2O2.ClH/c1-25-18-8-9-21-19(13-18)16(10-11-23)14-24(21)17-7-6-15-4-3-5-22(26-2)20(15)12-17;/h3-5,8-9,13-14,17H,6-7,10-12,23H2,1-2H3;1H. The largest absolute Gasteiger partial charge is 0.497 e. The number of hydrogen-bond donors (Lipinski definition) is 1. The van der Waals surface area contributed by atoms with E-state index in [0.29, 0.717) is 12.6 Å². The molecule has 0 spiro atoms. The number of methoxy groups -OCH3 is 2. The number of aryl methyl sites for hydroxylation is 1. The first kappa shape index (κ1) is 19.6. The molecule has 0 aliphatic heterocycles. The van der Waals surface area contributed by atoms with Crippen molar-refractivity contribution in [3.05, 3.63) is 59.3 Å². The highest BCUT2D eigenvalue weighted by Gasteiger charge is 2.24. The Labute approximate surface area is 166 Å². The molecule has 144 valence electrons. The smallest absolute Gasteiger partial charge is 0.122 e. The summed E-state index contributed by atoms with van der Waals surface area (Å²) in [5.74, 6) is 1.90. The first-order valence-corrected chi connectivity index (χ1v) is 9.27. The summed E-state index contributed by atoms with van der Waals surface area (Å²) in [4.78, 5) is 0. The molecule has 1 aliphatic rings. The normalized spacial score (nSPS) is 15.9. The third-order valence-electron chi connectivity index (χ3n) is 5.57. The summed E-state index contributed by atoms with van der Waals surface area (Å²) in [6.45, 7) is 0.650. The first-order chi connectivity index (χ1) is 12.7. The molecular weight excluding hydrogens is 360 g/mol. The van der Waals surface area contributed by atoms with E-state index in [4.69, 9.17) is 15.2 Å². The van der Waals surface area contributed by atoms with E-state index in [1.54, 1.807) is 14.2 Å². The molecule has 0 saturated carbocycles. The van der Waals surface area contributed by atoms with Crippen molar-refractivity contribution in [2.24, 2.45) is 5.73 Å². The molecular formula is C22H27ClN2O2. The third kappa shape index (κ3) is 3.52. The molecule has 4 rings (SSSR count). The molecule has 0 saturated heterocycles. The molecule has 0 fully saturated rings. The summed E-state index contributed by atoms with van der Waals surface area (Å²) in [6, 6.07) is 13.2. The van der Waals surface area contributed by atoms with Gasteiger partial charge in [-0.05, 0) is 73.2 Å². The Morgan fingerprint density at radius 2 is 2.00 bits per heavy atom. The highest BCUT2D eigenvalue weighted by Crippen LogP contribution is 2.37. The lowest BCUT2D eigenvalue weighted by molar-refractivity contribution is 0.391. The molecule has 27 heavy (non-hydrogen) atoms. The Morgan fingerprint density at radius 1 is 1.15 bits per heavy atom. The average Bonchev–Trinajstić information content (AvgIpc) is 3.05. The van der Waals surface area contributed by atoms with E-state index in [-0.39, 0.29) is 12.4 Å². The van der Waals surface area contributed by atoms with Gasteiger partial charge in [-0.15, -0.1) is 12.4 Å². The Bertz CT molecular complexity index is 921. The van der Waals surface area contributed by atoms with Crippen LogP contribution in [0.3, 0.4) is 0 Å². The number of benzene rings is 2. The zero-order valence-electron chi connectivity index (χ0n) is 15.9. The Balaban J connectivity index is 0.00000210. The lowest BCUT2D eigenvalue weighted by Crippen LogP contribution is -2.18. The van der Waals surface area contributed by atoms with Gasteiger partial charge in [0.2, 0.25) is 0 Å². The van der Waals surface area contributed by atoms with Crippen molar-refractivity contribution in [2.75, 3.05) is 20.8 Å². The van der Waals surface area contributed by atoms with Gasteiger partial charge in [0.1, 0.15) is 11.5 Å². The number of fused-ring (bicyclic) bond motifs is 2. The zero-order valence-corrected chi connectivity index (χ0v) is 16.7. The van der Waals surface area contributed by atoms with Gasteiger partial charge in [-0.2, -0.15) is 0 Å². The second kappa shape index (κ2) is 8.24. The van der Waals surface area contributed by atoms with Crippen molar-refractivity contribution in [3.8, 4) is 11.5 Å². The average molecular weight is 387 g/mol. The number of ether oxygens (including phenoxy) is 2. The maximum Gasteiger partial charge on any atom is 0.122 e. The van der Waals surface area contributed by atoms with Gasteiger partial charge < -0.3 is 19.8 Å². The monoisotopic (exact) mass is 386 g/mol. The van der Waals surface area contributed by atoms with Crippen molar-refractivity contribution in [1.29, 1.82) is 0 Å². The van der Waals surface area contributed by atoms with Gasteiger partial charge in [-0.3, -0.25) is 0 Å². The summed E-state index contributed by atoms with van der Waals surface area (Å²) >= 11 is 0. The van der Waals surface area contributed by atoms with Crippen LogP contribution in [0.15, 0.2) is 42.6 Å². The van der Waals surface area contributed by atoms with E-state index in [2.05, 4.69) is 41.1 Å². The minimum atomic E-state index is 0. The highest BCUT2D eigenvalue weighted by atomic mass is 35.5. The predicted molar refractivity (Wildman–Crippen MR) is 113 cm³/mol. The molecule has 0 bridgehead atoms. The molecule has 1 aliphatic carbocycles. The number of aromatic nitrogens is 1. The molecule has 2 N–H and O–H groups in total. The summed E-state index contributed by atoms with van der Waals surface area (Å²) in [5.41, 5.74) is 11.2. The van der Waals surface area contributed by atoms with Gasteiger partial charge in [0.15, 0.2) is 0 Å². The summed E-state index contributed by atoms with van der Waals surface area (Å²) in [7, 11) is 3.47. The summed E-state index contributed by atoms with van der Waals surface area (Å²) in [6.07, 6.45) is 6.39. The fraction of sp³-hybridized carbons (Fsp3) is 0.364. The molecule has 0 amide bonds. The van der Waals surface area contributed by atoms with E-state index >= 15 is 0 Å². The van der Waals surface area contributed by atoms with Crippen molar-refractivity contribution in [2.45, 2.75) is 31.7 Å². The van der Waals surface area contributed by atoms with E-state index in [1.165, 1.54) is 27.6 Å². The van der Waals surface area contributed by atoms with Crippen LogP contribution in [0.4, 0.5) is 0 Å². The number of hydrogen-bond acceptors (Lipinski definition) is 3. The van der Waals surface area contributed by atoms with Gasteiger partial charge in [-0.25, -0.2) is 0 Å². The van der Waals surface area contributed by atoms with E-state index in [9.17, 15) is 0 Å². The number of nitrogens with two attached hydrogens (primary N) is 1. The maximum absolute atomic E-state index is 5.85. The second-order valence-electron chi connectivity index (χ2n) is 6.98. The van der Waals surface area contributed by atoms with Gasteiger partial charge in [0, 0.05) is 23.1 Å². The van der Waals surface area contributed by atoms with Gasteiger partial charge >= 0.3 is 0 Å². The second-order valence-corrected chi connectivity index (χ2v) is 6.98. The number of halogens is 1. The predicted octanol–water partition coefficient (Wildman–Crippen LogP) is 4.31. The van der Waals surface area contributed by atoms with Crippen LogP contribution in [0.2, 0.25) is 0 Å². The summed E-state index contributed by atoms with van der Waals surface area (Å²) in [5, 5.41) is 1.25. The third-order valence-corrected chi connectivity index (χ3v) is 5.57. The van der Waals surface area contributed by atoms with Gasteiger partial charge in [-0.1, -0.05) is 12.1 Å². The topological polar surface area (TPSA) is 49.4 Å². The van der Waals surface area contributed by atoms with Crippen LogP contribution in [-0.4, -0.2) is 25.3 Å². The summed E-state index contributed by atoms with van der Waals surface area (Å²) < 4.78 is 13.5. The van der Waals surface area contributed by atoms with Crippen LogP contribution in [0.25, 0.3) is 10.9 Å². The molecule has 4 nitrogen and oxygen atoms in total. The molecule has 5 heteroatoms. The highest BCUT2D eigenvalue weighted by molar-refractivity contribution is 5.86. The molecule has 1 aromatic heterocycles. The van der Waals surface area contributed by atoms with E-state index in [0.717, 1.165) is 37.2 Å². The van der Waals surface area contributed by atoms with Crippen LogP contribution in [0, 0.1) is 0 Å². The molecule has 1 unspecified atom stereocenters. The minimum Gasteiger partial charge on any atom is -0.497 e. The van der Waals surface area contributed by atoms with E-state index in [1.807, 2.05) is 6.07 Å². The van der Waals surface area contributed by atoms with Crippen LogP contribution in [0.5, 0.6) is 11.5 Å². The minimum absolute atomic E-state index is 0. The van der Waals surface area contributed by atoms with Gasteiger partial charge in [0.25, 0.3) is 0 Å². The molecule has 1 heterocycles. The SMILES string of the molecule is COc1ccc2c(c1)c(CCN)cn2C1CCc2cccc(OC)c2C1.Cl. The quantitative estimate of drug-likeness (QED) is 0.710. The fourth-order valence-electron chi connectivity index (χ4n) is 4.25. The molecule has 2 aromatic carbocycles. The van der Waals surface area contributed by atoms with E-state index < -0.39 is 0 Å². The Hall–Kier alpha value is -2.17. The van der Waals surface area contributed by atoms with Crippen LogP contribution < -0.4 is 15.2 Å². The van der Waals surface area contributed by atoms with Crippen LogP contribution >= 0.6 is 12.4 Å².